The van der Waals surface area contributed by atoms with Crippen LogP contribution in [-0.4, -0.2) is 23.6 Å². The zero-order valence-corrected chi connectivity index (χ0v) is 14.6. The van der Waals surface area contributed by atoms with Crippen LogP contribution in [0.3, 0.4) is 0 Å². The molecular formula is C17H35NS. The Kier molecular flexibility index (Phi) is 7.83. The molecule has 114 valence electrons. The molecule has 0 aliphatic heterocycles. The molecule has 0 aromatic carbocycles. The van der Waals surface area contributed by atoms with Crippen LogP contribution in [-0.2, 0) is 0 Å². The fourth-order valence-electron chi connectivity index (χ4n) is 3.21. The third kappa shape index (κ3) is 7.60. The molecule has 0 saturated heterocycles. The predicted octanol–water partition coefficient (Wildman–Crippen LogP) is 4.96. The average Bonchev–Trinajstić information content (AvgIpc) is 2.32. The van der Waals surface area contributed by atoms with Gasteiger partial charge in [-0.05, 0) is 82.3 Å². The maximum atomic E-state index is 3.73. The summed E-state index contributed by atoms with van der Waals surface area (Å²) in [6, 6.07) is 0. The molecule has 1 rings (SSSR count). The van der Waals surface area contributed by atoms with Gasteiger partial charge in [-0.3, -0.25) is 0 Å². The molecule has 0 bridgehead atoms. The summed E-state index contributed by atoms with van der Waals surface area (Å²) in [5, 5.41) is 3.73. The Labute approximate surface area is 125 Å². The molecule has 0 spiro atoms. The Hall–Kier alpha value is 0.310. The lowest BCUT2D eigenvalue weighted by Gasteiger charge is -2.37. The van der Waals surface area contributed by atoms with E-state index in [4.69, 9.17) is 0 Å². The summed E-state index contributed by atoms with van der Waals surface area (Å²) in [6.07, 6.45) is 7.22. The minimum absolute atomic E-state index is 0.270. The Bertz CT molecular complexity index is 234. The Morgan fingerprint density at radius 3 is 2.53 bits per heavy atom. The second kappa shape index (κ2) is 8.56. The lowest BCUT2D eigenvalue weighted by molar-refractivity contribution is 0.165. The van der Waals surface area contributed by atoms with Crippen molar-refractivity contribution in [3.8, 4) is 0 Å². The second-order valence-electron chi connectivity index (χ2n) is 7.41. The molecule has 2 heteroatoms. The lowest BCUT2D eigenvalue weighted by atomic mass is 9.72. The minimum Gasteiger partial charge on any atom is -0.312 e. The van der Waals surface area contributed by atoms with Crippen LogP contribution >= 0.6 is 11.8 Å². The van der Waals surface area contributed by atoms with Gasteiger partial charge in [-0.25, -0.2) is 0 Å². The van der Waals surface area contributed by atoms with Gasteiger partial charge in [0, 0.05) is 5.54 Å². The molecule has 0 heterocycles. The molecule has 1 aliphatic carbocycles. The van der Waals surface area contributed by atoms with Crippen LogP contribution < -0.4 is 5.32 Å². The maximum absolute atomic E-state index is 3.73. The molecule has 1 aliphatic rings. The van der Waals surface area contributed by atoms with Gasteiger partial charge in [-0.1, -0.05) is 20.3 Å². The van der Waals surface area contributed by atoms with Gasteiger partial charge in [-0.2, -0.15) is 11.8 Å². The fraction of sp³-hybridized carbons (Fsp3) is 1.00. The molecule has 0 aromatic rings. The van der Waals surface area contributed by atoms with E-state index in [0.29, 0.717) is 0 Å². The van der Waals surface area contributed by atoms with E-state index in [2.05, 4.69) is 51.7 Å². The van der Waals surface area contributed by atoms with E-state index in [1.807, 2.05) is 0 Å². The standard InChI is InChI=1S/C17H35NS/c1-6-19-11-7-8-15-12-14(2)9-10-16(15)13-18-17(3,4)5/h14-16,18H,6-13H2,1-5H3. The molecule has 1 nitrogen and oxygen atoms in total. The number of hydrogen-bond acceptors (Lipinski definition) is 2. The molecule has 1 N–H and O–H groups in total. The van der Waals surface area contributed by atoms with E-state index < -0.39 is 0 Å². The number of thioether (sulfide) groups is 1. The topological polar surface area (TPSA) is 12.0 Å². The van der Waals surface area contributed by atoms with Crippen molar-refractivity contribution >= 4 is 11.8 Å². The third-order valence-corrected chi connectivity index (χ3v) is 5.35. The molecule has 0 aromatic heterocycles. The van der Waals surface area contributed by atoms with E-state index in [1.54, 1.807) is 0 Å². The molecule has 0 radical (unpaired) electrons. The van der Waals surface area contributed by atoms with E-state index >= 15 is 0 Å². The van der Waals surface area contributed by atoms with Gasteiger partial charge < -0.3 is 5.32 Å². The quantitative estimate of drug-likeness (QED) is 0.663. The Morgan fingerprint density at radius 2 is 1.89 bits per heavy atom. The Morgan fingerprint density at radius 1 is 1.16 bits per heavy atom. The molecule has 1 saturated carbocycles. The van der Waals surface area contributed by atoms with E-state index in [0.717, 1.165) is 17.8 Å². The van der Waals surface area contributed by atoms with Crippen molar-refractivity contribution in [2.75, 3.05) is 18.1 Å². The van der Waals surface area contributed by atoms with Crippen molar-refractivity contribution in [2.45, 2.75) is 72.3 Å². The highest BCUT2D eigenvalue weighted by Gasteiger charge is 2.28. The highest BCUT2D eigenvalue weighted by atomic mass is 32.2. The summed E-state index contributed by atoms with van der Waals surface area (Å²) in [5.74, 6) is 5.48. The first-order chi connectivity index (χ1) is 8.92. The van der Waals surface area contributed by atoms with Crippen LogP contribution in [0, 0.1) is 17.8 Å². The summed E-state index contributed by atoms with van der Waals surface area (Å²) >= 11 is 2.10. The number of hydrogen-bond donors (Lipinski definition) is 1. The van der Waals surface area contributed by atoms with Crippen LogP contribution in [0.25, 0.3) is 0 Å². The van der Waals surface area contributed by atoms with Crippen molar-refractivity contribution < 1.29 is 0 Å². The summed E-state index contributed by atoms with van der Waals surface area (Å²) in [5.41, 5.74) is 0.270. The van der Waals surface area contributed by atoms with E-state index in [1.165, 1.54) is 50.2 Å². The molecular weight excluding hydrogens is 250 g/mol. The third-order valence-electron chi connectivity index (χ3n) is 4.36. The maximum Gasteiger partial charge on any atom is 0.00966 e. The lowest BCUT2D eigenvalue weighted by Crippen LogP contribution is -2.42. The summed E-state index contributed by atoms with van der Waals surface area (Å²) in [4.78, 5) is 0. The van der Waals surface area contributed by atoms with Gasteiger partial charge in [0.15, 0.2) is 0 Å². The largest absolute Gasteiger partial charge is 0.312 e. The van der Waals surface area contributed by atoms with Crippen molar-refractivity contribution in [1.29, 1.82) is 0 Å². The zero-order chi connectivity index (χ0) is 14.3. The van der Waals surface area contributed by atoms with Gasteiger partial charge in [0.1, 0.15) is 0 Å². The first kappa shape index (κ1) is 17.4. The normalized spacial score (nSPS) is 28.6. The van der Waals surface area contributed by atoms with Crippen molar-refractivity contribution in [2.24, 2.45) is 17.8 Å². The zero-order valence-electron chi connectivity index (χ0n) is 13.8. The summed E-state index contributed by atoms with van der Waals surface area (Å²) in [7, 11) is 0. The number of nitrogens with one attached hydrogen (secondary N) is 1. The van der Waals surface area contributed by atoms with Crippen LogP contribution in [0.5, 0.6) is 0 Å². The van der Waals surface area contributed by atoms with Gasteiger partial charge in [0.25, 0.3) is 0 Å². The molecule has 0 amide bonds. The minimum atomic E-state index is 0.270. The summed E-state index contributed by atoms with van der Waals surface area (Å²) in [6.45, 7) is 12.8. The van der Waals surface area contributed by atoms with Crippen molar-refractivity contribution in [1.82, 2.24) is 5.32 Å². The monoisotopic (exact) mass is 285 g/mol. The smallest absolute Gasteiger partial charge is 0.00966 e. The van der Waals surface area contributed by atoms with Crippen LogP contribution in [0.1, 0.15) is 66.7 Å². The van der Waals surface area contributed by atoms with E-state index in [9.17, 15) is 0 Å². The van der Waals surface area contributed by atoms with Gasteiger partial charge >= 0.3 is 0 Å². The highest BCUT2D eigenvalue weighted by Crippen LogP contribution is 2.36. The van der Waals surface area contributed by atoms with Gasteiger partial charge in [0.2, 0.25) is 0 Å². The van der Waals surface area contributed by atoms with Crippen LogP contribution in [0.15, 0.2) is 0 Å². The van der Waals surface area contributed by atoms with Crippen molar-refractivity contribution in [3.63, 3.8) is 0 Å². The van der Waals surface area contributed by atoms with Crippen LogP contribution in [0.2, 0.25) is 0 Å². The van der Waals surface area contributed by atoms with Crippen LogP contribution in [0.4, 0.5) is 0 Å². The SMILES string of the molecule is CCSCCCC1CC(C)CCC1CNC(C)(C)C. The Balaban J connectivity index is 2.36. The van der Waals surface area contributed by atoms with E-state index in [-0.39, 0.29) is 5.54 Å². The molecule has 19 heavy (non-hydrogen) atoms. The first-order valence-electron chi connectivity index (χ1n) is 8.25. The average molecular weight is 286 g/mol. The first-order valence-corrected chi connectivity index (χ1v) is 9.40. The van der Waals surface area contributed by atoms with Crippen molar-refractivity contribution in [3.05, 3.63) is 0 Å². The molecule has 3 atom stereocenters. The number of rotatable bonds is 7. The molecule has 3 unspecified atom stereocenters. The molecule has 1 fully saturated rings. The second-order valence-corrected chi connectivity index (χ2v) is 8.80. The van der Waals surface area contributed by atoms with Gasteiger partial charge in [0.05, 0.1) is 0 Å². The fourth-order valence-corrected chi connectivity index (χ4v) is 3.87. The van der Waals surface area contributed by atoms with Gasteiger partial charge in [-0.15, -0.1) is 0 Å². The highest BCUT2D eigenvalue weighted by molar-refractivity contribution is 7.99. The predicted molar refractivity (Wildman–Crippen MR) is 90.0 cm³/mol. The summed E-state index contributed by atoms with van der Waals surface area (Å²) < 4.78 is 0.